The maximum atomic E-state index is 13.3. The molecule has 0 radical (unpaired) electrons. The van der Waals surface area contributed by atoms with Crippen LogP contribution in [0.3, 0.4) is 0 Å². The van der Waals surface area contributed by atoms with Crippen molar-refractivity contribution >= 4 is 35.2 Å². The van der Waals surface area contributed by atoms with E-state index in [1.807, 2.05) is 48.5 Å². The first kappa shape index (κ1) is 59.5. The number of carbonyl (C=O) groups excluding carboxylic acids is 6. The second-order valence-corrected chi connectivity index (χ2v) is 17.8. The molecule has 1 aliphatic rings. The van der Waals surface area contributed by atoms with E-state index in [0.717, 1.165) is 44.9 Å². The van der Waals surface area contributed by atoms with Crippen molar-refractivity contribution in [1.29, 1.82) is 0 Å². The molecule has 4 aromatic carbocycles. The average molecular weight is 1020 g/mol. The first-order chi connectivity index (χ1) is 35.3. The number of carbonyl (C=O) groups is 6. The second kappa shape index (κ2) is 29.0. The van der Waals surface area contributed by atoms with E-state index in [0.29, 0.717) is 42.9 Å². The number of nitrogens with one attached hydrogen (secondary N) is 2. The molecule has 0 bridgehead atoms. The van der Waals surface area contributed by atoms with Crippen molar-refractivity contribution in [1.82, 2.24) is 20.4 Å². The van der Waals surface area contributed by atoms with Crippen LogP contribution in [-0.2, 0) is 51.3 Å². The van der Waals surface area contributed by atoms with E-state index in [1.165, 1.54) is 42.0 Å². The third-order valence-electron chi connectivity index (χ3n) is 12.5. The van der Waals surface area contributed by atoms with Gasteiger partial charge in [-0.15, -0.1) is 0 Å². The summed E-state index contributed by atoms with van der Waals surface area (Å²) < 4.78 is 22.1. The molecule has 0 aromatic heterocycles. The Labute approximate surface area is 433 Å². The van der Waals surface area contributed by atoms with Crippen molar-refractivity contribution in [3.05, 3.63) is 142 Å². The van der Waals surface area contributed by atoms with E-state index in [2.05, 4.69) is 34.3 Å². The van der Waals surface area contributed by atoms with Crippen LogP contribution in [0.25, 0.3) is 0 Å². The smallest absolute Gasteiger partial charge is 0.254 e. The molecule has 0 spiro atoms. The summed E-state index contributed by atoms with van der Waals surface area (Å²) >= 11 is 0. The Morgan fingerprint density at radius 2 is 0.973 bits per heavy atom. The molecular formula is C57H68N4O13. The minimum absolute atomic E-state index is 0.0269. The zero-order chi connectivity index (χ0) is 54.4. The van der Waals surface area contributed by atoms with Gasteiger partial charge in [0.2, 0.25) is 0 Å². The van der Waals surface area contributed by atoms with Gasteiger partial charge in [-0.05, 0) is 131 Å². The van der Waals surface area contributed by atoms with Gasteiger partial charge in [0.1, 0.15) is 13.2 Å². The normalized spacial score (nSPS) is 15.3. The lowest BCUT2D eigenvalue weighted by Gasteiger charge is -2.36. The van der Waals surface area contributed by atoms with Gasteiger partial charge in [0.05, 0.1) is 38.6 Å². The highest BCUT2D eigenvalue weighted by atomic mass is 16.7. The van der Waals surface area contributed by atoms with Gasteiger partial charge in [-0.2, -0.15) is 0 Å². The number of ketones is 2. The number of likely N-dealkylation sites (N-methyl/N-ethyl adjacent to an activating group) is 4. The molecule has 5 atom stereocenters. The van der Waals surface area contributed by atoms with Crippen LogP contribution in [0.5, 0.6) is 0 Å². The highest BCUT2D eigenvalue weighted by molar-refractivity contribution is 6.15. The minimum Gasteiger partial charge on any atom is -0.394 e. The lowest BCUT2D eigenvalue weighted by molar-refractivity contribution is -0.174. The maximum absolute atomic E-state index is 13.3. The van der Waals surface area contributed by atoms with E-state index in [1.54, 1.807) is 62.4 Å². The second-order valence-electron chi connectivity index (χ2n) is 17.8. The number of nitrogens with zero attached hydrogens (tertiary/aromatic N) is 2. The molecule has 0 saturated carbocycles. The minimum atomic E-state index is -1.84. The van der Waals surface area contributed by atoms with E-state index >= 15 is 0 Å². The van der Waals surface area contributed by atoms with Gasteiger partial charge in [-0.1, -0.05) is 47.9 Å². The number of hydrogen-bond acceptors (Lipinski definition) is 13. The molecule has 1 saturated heterocycles. The Bertz CT molecular complexity index is 2630. The number of ether oxygens (including phenoxy) is 4. The number of benzene rings is 4. The van der Waals surface area contributed by atoms with E-state index < -0.39 is 59.2 Å². The number of amides is 4. The van der Waals surface area contributed by atoms with Crippen molar-refractivity contribution < 1.29 is 63.0 Å². The lowest BCUT2D eigenvalue weighted by atomic mass is 9.92. The predicted molar refractivity (Wildman–Crippen MR) is 276 cm³/mol. The molecule has 4 aromatic rings. The molecule has 1 aliphatic heterocycles. The molecule has 5 N–H and O–H groups in total. The third-order valence-corrected chi connectivity index (χ3v) is 12.5. The Morgan fingerprint density at radius 1 is 0.608 bits per heavy atom. The Balaban J connectivity index is 0.000000325. The first-order valence-corrected chi connectivity index (χ1v) is 24.1. The van der Waals surface area contributed by atoms with Crippen molar-refractivity contribution in [3.8, 4) is 23.7 Å². The predicted octanol–water partition coefficient (Wildman–Crippen LogP) is 3.79. The third kappa shape index (κ3) is 16.2. The van der Waals surface area contributed by atoms with Crippen molar-refractivity contribution in [2.45, 2.75) is 89.7 Å². The molecular weight excluding hydrogens is 949 g/mol. The van der Waals surface area contributed by atoms with Gasteiger partial charge in [0, 0.05) is 68.2 Å². The van der Waals surface area contributed by atoms with Crippen LogP contribution in [0.4, 0.5) is 0 Å². The Hall–Kier alpha value is -7.06. The first-order valence-electron chi connectivity index (χ1n) is 24.1. The topological polar surface area (TPSA) is 231 Å². The fraction of sp³-hybridized carbons (Fsp3) is 0.404. The van der Waals surface area contributed by atoms with Crippen LogP contribution < -0.4 is 10.6 Å². The highest BCUT2D eigenvalue weighted by Gasteiger charge is 2.47. The molecule has 1 heterocycles. The van der Waals surface area contributed by atoms with Crippen LogP contribution >= 0.6 is 0 Å². The summed E-state index contributed by atoms with van der Waals surface area (Å²) in [5.41, 5.74) is 1.94. The number of hydrogen-bond donors (Lipinski definition) is 5. The Kier molecular flexibility index (Phi) is 23.3. The molecule has 17 nitrogen and oxygen atoms in total. The fourth-order valence-electron chi connectivity index (χ4n) is 7.15. The zero-order valence-electron chi connectivity index (χ0n) is 43.4. The van der Waals surface area contributed by atoms with E-state index in [9.17, 15) is 33.9 Å². The quantitative estimate of drug-likeness (QED) is 0.0628. The van der Waals surface area contributed by atoms with Gasteiger partial charge in [-0.3, -0.25) is 28.8 Å². The van der Waals surface area contributed by atoms with Crippen LogP contribution in [0.1, 0.15) is 101 Å². The van der Waals surface area contributed by atoms with Crippen LogP contribution in [0, 0.1) is 23.7 Å². The number of rotatable bonds is 20. The standard InChI is InChI=1S/C31H38N2O7.C26H30N2O6/c1-22(19-34)39-20-25-12-10-23(11-13-25)8-9-24-14-16-26(17-15-24)29(36)33(4)31(2,30(37)32-3)27(35)21-40-28-7-5-6-18-38-28;1-18(15-29)34-17-21-9-7-19(8-10-21)5-6-20-11-13-22(14-12-20)24(32)28(4)26(2,23(31)16-30)25(33)27-3/h10-17,22,28,34H,5-7,18-21H2,1-4H3,(H,32,37);7-14,18,29-30H,15-17H2,1-4H3,(H,27,33)/t22-,28?,31-;18-,26-/m11/s1. The van der Waals surface area contributed by atoms with Crippen LogP contribution in [-0.4, -0.2) is 151 Å². The van der Waals surface area contributed by atoms with E-state index in [4.69, 9.17) is 29.2 Å². The summed E-state index contributed by atoms with van der Waals surface area (Å²) in [6.07, 6.45) is 1.63. The Morgan fingerprint density at radius 3 is 1.30 bits per heavy atom. The summed E-state index contributed by atoms with van der Waals surface area (Å²) in [7, 11) is 5.55. The van der Waals surface area contributed by atoms with Crippen LogP contribution in [0.15, 0.2) is 97.1 Å². The molecule has 0 aliphatic carbocycles. The molecule has 394 valence electrons. The monoisotopic (exact) mass is 1020 g/mol. The average Bonchev–Trinajstić information content (AvgIpc) is 3.45. The molecule has 17 heteroatoms. The molecule has 5 rings (SSSR count). The van der Waals surface area contributed by atoms with Gasteiger partial charge >= 0.3 is 0 Å². The molecule has 74 heavy (non-hydrogen) atoms. The van der Waals surface area contributed by atoms with Gasteiger partial charge in [-0.25, -0.2) is 0 Å². The summed E-state index contributed by atoms with van der Waals surface area (Å²) in [6, 6.07) is 28.3. The van der Waals surface area contributed by atoms with Crippen molar-refractivity contribution in [2.24, 2.45) is 0 Å². The number of Topliss-reactive ketones (excluding diaryl/α,β-unsaturated/α-hetero) is 2. The summed E-state index contributed by atoms with van der Waals surface area (Å²) in [6.45, 7) is 6.42. The van der Waals surface area contributed by atoms with Crippen molar-refractivity contribution in [3.63, 3.8) is 0 Å². The van der Waals surface area contributed by atoms with Crippen molar-refractivity contribution in [2.75, 3.05) is 61.2 Å². The zero-order valence-corrected chi connectivity index (χ0v) is 43.4. The lowest BCUT2D eigenvalue weighted by Crippen LogP contribution is -2.62. The van der Waals surface area contributed by atoms with Crippen LogP contribution in [0.2, 0.25) is 0 Å². The van der Waals surface area contributed by atoms with Gasteiger partial charge in [0.25, 0.3) is 23.6 Å². The van der Waals surface area contributed by atoms with E-state index in [-0.39, 0.29) is 37.6 Å². The SMILES string of the molecule is CNC(=O)[C@@](C)(C(=O)CO)N(C)C(=O)c1ccc(C#Cc2ccc(CO[C@H](C)CO)cc2)cc1.CNC(=O)[C@@](C)(C(=O)COC1CCCCO1)N(C)C(=O)c1ccc(C#Cc2ccc(CO[C@H](C)CO)cc2)cc1. The summed E-state index contributed by atoms with van der Waals surface area (Å²) in [4.78, 5) is 79.0. The molecule has 1 unspecified atom stereocenters. The largest absolute Gasteiger partial charge is 0.394 e. The van der Waals surface area contributed by atoms with Gasteiger partial charge in [0.15, 0.2) is 28.9 Å². The fourth-order valence-corrected chi connectivity index (χ4v) is 7.15. The number of aliphatic hydroxyl groups excluding tert-OH is 3. The highest BCUT2D eigenvalue weighted by Crippen LogP contribution is 2.23. The number of aliphatic hydroxyl groups is 3. The van der Waals surface area contributed by atoms with Gasteiger partial charge < -0.3 is 54.7 Å². The maximum Gasteiger partial charge on any atom is 0.254 e. The molecule has 1 fully saturated rings. The molecule has 4 amide bonds. The summed E-state index contributed by atoms with van der Waals surface area (Å²) in [5, 5.41) is 32.2. The summed E-state index contributed by atoms with van der Waals surface area (Å²) in [5.74, 6) is 8.60.